The van der Waals surface area contributed by atoms with Gasteiger partial charge in [-0.15, -0.1) is 0 Å². The number of nitrogens with zero attached hydrogens (tertiary/aromatic N) is 1. The Hall–Kier alpha value is -1.54. The third-order valence-corrected chi connectivity index (χ3v) is 4.32. The van der Waals surface area contributed by atoms with E-state index in [4.69, 9.17) is 18.0 Å². The summed E-state index contributed by atoms with van der Waals surface area (Å²) < 4.78 is 14.4. The summed E-state index contributed by atoms with van der Waals surface area (Å²) in [6, 6.07) is 2.41. The minimum atomic E-state index is -0.634. The lowest BCUT2D eigenvalue weighted by molar-refractivity contribution is -0.146. The number of nitrogens with two attached hydrogens (primary N) is 1. The van der Waals surface area contributed by atoms with Gasteiger partial charge >= 0.3 is 0 Å². The summed E-state index contributed by atoms with van der Waals surface area (Å²) in [7, 11) is 1.42. The largest absolute Gasteiger partial charge is 0.389 e. The average molecular weight is 374 g/mol. The standard InChI is InChI=1S/C13H13BrFN3O2S/c1-18-9(19)5-4-8(13(18)20)17-7-3-2-6(12(16)21)10(14)11(7)15/h2-3,8,17H,4-5H2,1H3,(H2,16,21). The van der Waals surface area contributed by atoms with Gasteiger partial charge in [0.1, 0.15) is 11.0 Å². The van der Waals surface area contributed by atoms with Crippen molar-refractivity contribution in [3.8, 4) is 0 Å². The van der Waals surface area contributed by atoms with Crippen LogP contribution in [0.25, 0.3) is 0 Å². The monoisotopic (exact) mass is 373 g/mol. The lowest BCUT2D eigenvalue weighted by atomic mass is 10.0. The number of likely N-dealkylation sites (tertiary alicyclic amines) is 1. The lowest BCUT2D eigenvalue weighted by Crippen LogP contribution is -2.48. The van der Waals surface area contributed by atoms with E-state index >= 15 is 0 Å². The lowest BCUT2D eigenvalue weighted by Gasteiger charge is -2.29. The number of carbonyl (C=O) groups excluding carboxylic acids is 2. The molecule has 2 rings (SSSR count). The quantitative estimate of drug-likeness (QED) is 0.623. The van der Waals surface area contributed by atoms with Crippen molar-refractivity contribution in [3.63, 3.8) is 0 Å². The maximum Gasteiger partial charge on any atom is 0.251 e. The van der Waals surface area contributed by atoms with Crippen LogP contribution in [0.4, 0.5) is 10.1 Å². The summed E-state index contributed by atoms with van der Waals surface area (Å²) >= 11 is 7.92. The Balaban J connectivity index is 2.25. The highest BCUT2D eigenvalue weighted by molar-refractivity contribution is 9.10. The van der Waals surface area contributed by atoms with E-state index in [1.165, 1.54) is 13.1 Å². The molecular formula is C13H13BrFN3O2S. The second-order valence-electron chi connectivity index (χ2n) is 4.68. The third-order valence-electron chi connectivity index (χ3n) is 3.33. The Kier molecular flexibility index (Phi) is 4.58. The Labute approximate surface area is 134 Å². The predicted molar refractivity (Wildman–Crippen MR) is 84.4 cm³/mol. The molecule has 1 aromatic rings. The molecule has 1 aliphatic heterocycles. The SMILES string of the molecule is CN1C(=O)CCC(Nc2ccc(C(N)=S)c(Br)c2F)C1=O. The number of carbonyl (C=O) groups is 2. The number of rotatable bonds is 3. The molecular weight excluding hydrogens is 361 g/mol. The highest BCUT2D eigenvalue weighted by Gasteiger charge is 2.32. The van der Waals surface area contributed by atoms with Gasteiger partial charge in [0.25, 0.3) is 5.91 Å². The van der Waals surface area contributed by atoms with Crippen LogP contribution in [0.2, 0.25) is 0 Å². The number of piperidine rings is 1. The van der Waals surface area contributed by atoms with E-state index in [1.807, 2.05) is 0 Å². The topological polar surface area (TPSA) is 75.4 Å². The predicted octanol–water partition coefficient (Wildman–Crippen LogP) is 1.78. The first-order valence-electron chi connectivity index (χ1n) is 6.17. The Morgan fingerprint density at radius 1 is 1.52 bits per heavy atom. The van der Waals surface area contributed by atoms with E-state index in [-0.39, 0.29) is 33.4 Å². The van der Waals surface area contributed by atoms with Crippen molar-refractivity contribution in [1.82, 2.24) is 4.90 Å². The van der Waals surface area contributed by atoms with Crippen LogP contribution >= 0.6 is 28.1 Å². The number of hydrogen-bond acceptors (Lipinski definition) is 4. The molecule has 1 atom stereocenters. The molecule has 1 aliphatic rings. The highest BCUT2D eigenvalue weighted by Crippen LogP contribution is 2.28. The minimum absolute atomic E-state index is 0.0754. The van der Waals surface area contributed by atoms with Gasteiger partial charge < -0.3 is 11.1 Å². The molecule has 1 fully saturated rings. The fourth-order valence-corrected chi connectivity index (χ4v) is 2.95. The number of halogens is 2. The molecule has 0 aromatic heterocycles. The summed E-state index contributed by atoms with van der Waals surface area (Å²) in [5.41, 5.74) is 6.03. The number of anilines is 1. The van der Waals surface area contributed by atoms with Crippen molar-refractivity contribution in [2.24, 2.45) is 5.73 Å². The molecule has 5 nitrogen and oxygen atoms in total. The molecule has 0 bridgehead atoms. The summed E-state index contributed by atoms with van der Waals surface area (Å²) in [5.74, 6) is -1.18. The summed E-state index contributed by atoms with van der Waals surface area (Å²) in [6.45, 7) is 0. The molecule has 1 saturated heterocycles. The van der Waals surface area contributed by atoms with E-state index in [0.29, 0.717) is 12.0 Å². The van der Waals surface area contributed by atoms with E-state index in [9.17, 15) is 14.0 Å². The number of nitrogens with one attached hydrogen (secondary N) is 1. The fourth-order valence-electron chi connectivity index (χ4n) is 2.09. The van der Waals surface area contributed by atoms with Crippen LogP contribution in [0, 0.1) is 5.82 Å². The zero-order chi connectivity index (χ0) is 15.7. The Bertz CT molecular complexity index is 638. The number of benzene rings is 1. The van der Waals surface area contributed by atoms with Crippen molar-refractivity contribution in [3.05, 3.63) is 28.0 Å². The molecule has 2 amide bonds. The van der Waals surface area contributed by atoms with Gasteiger partial charge in [-0.1, -0.05) is 12.2 Å². The van der Waals surface area contributed by atoms with Gasteiger partial charge in [0.2, 0.25) is 5.91 Å². The van der Waals surface area contributed by atoms with E-state index in [2.05, 4.69) is 21.2 Å². The molecule has 0 aliphatic carbocycles. The summed E-state index contributed by atoms with van der Waals surface area (Å²) in [6.07, 6.45) is 0.573. The van der Waals surface area contributed by atoms with Crippen molar-refractivity contribution in [1.29, 1.82) is 0 Å². The Morgan fingerprint density at radius 3 is 2.81 bits per heavy atom. The van der Waals surface area contributed by atoms with Gasteiger partial charge in [-0.05, 0) is 34.5 Å². The van der Waals surface area contributed by atoms with E-state index in [0.717, 1.165) is 4.90 Å². The van der Waals surface area contributed by atoms with Crippen molar-refractivity contribution in [2.75, 3.05) is 12.4 Å². The van der Waals surface area contributed by atoms with Gasteiger partial charge in [-0.3, -0.25) is 14.5 Å². The highest BCUT2D eigenvalue weighted by atomic mass is 79.9. The molecule has 3 N–H and O–H groups in total. The van der Waals surface area contributed by atoms with Crippen molar-refractivity contribution in [2.45, 2.75) is 18.9 Å². The molecule has 0 radical (unpaired) electrons. The molecule has 0 spiro atoms. The maximum atomic E-state index is 14.3. The number of hydrogen-bond donors (Lipinski definition) is 2. The van der Waals surface area contributed by atoms with Crippen LogP contribution < -0.4 is 11.1 Å². The van der Waals surface area contributed by atoms with Crippen LogP contribution in [0.1, 0.15) is 18.4 Å². The van der Waals surface area contributed by atoms with Crippen molar-refractivity contribution < 1.29 is 14.0 Å². The summed E-state index contributed by atoms with van der Waals surface area (Å²) in [4.78, 5) is 24.5. The summed E-state index contributed by atoms with van der Waals surface area (Å²) in [5, 5.41) is 2.82. The van der Waals surface area contributed by atoms with Gasteiger partial charge in [0.05, 0.1) is 10.2 Å². The van der Waals surface area contributed by atoms with Crippen molar-refractivity contribution >= 4 is 50.6 Å². The van der Waals surface area contributed by atoms with Crippen LogP contribution in [0.15, 0.2) is 16.6 Å². The maximum absolute atomic E-state index is 14.3. The molecule has 1 aromatic carbocycles. The Morgan fingerprint density at radius 2 is 2.19 bits per heavy atom. The van der Waals surface area contributed by atoms with Crippen LogP contribution in [0.3, 0.4) is 0 Å². The number of imide groups is 1. The van der Waals surface area contributed by atoms with E-state index < -0.39 is 11.9 Å². The van der Waals surface area contributed by atoms with Gasteiger partial charge in [-0.25, -0.2) is 4.39 Å². The molecule has 1 unspecified atom stereocenters. The van der Waals surface area contributed by atoms with Crippen LogP contribution in [0.5, 0.6) is 0 Å². The van der Waals surface area contributed by atoms with Crippen LogP contribution in [-0.4, -0.2) is 34.8 Å². The molecule has 1 heterocycles. The van der Waals surface area contributed by atoms with Gasteiger partial charge in [0, 0.05) is 19.0 Å². The zero-order valence-electron chi connectivity index (χ0n) is 11.2. The molecule has 21 heavy (non-hydrogen) atoms. The average Bonchev–Trinajstić information content (AvgIpc) is 2.44. The molecule has 0 saturated carbocycles. The number of amides is 2. The normalized spacial score (nSPS) is 18.8. The third kappa shape index (κ3) is 3.06. The fraction of sp³-hybridized carbons (Fsp3) is 0.308. The number of likely N-dealkylation sites (N-methyl/N-ethyl adjacent to an activating group) is 1. The van der Waals surface area contributed by atoms with E-state index in [1.54, 1.807) is 6.07 Å². The number of thiocarbonyl (C=S) groups is 1. The second kappa shape index (κ2) is 6.07. The second-order valence-corrected chi connectivity index (χ2v) is 5.91. The first kappa shape index (κ1) is 15.8. The molecule has 112 valence electrons. The smallest absolute Gasteiger partial charge is 0.251 e. The first-order chi connectivity index (χ1) is 9.82. The zero-order valence-corrected chi connectivity index (χ0v) is 13.6. The first-order valence-corrected chi connectivity index (χ1v) is 7.37. The molecule has 8 heteroatoms. The minimum Gasteiger partial charge on any atom is -0.389 e. The van der Waals surface area contributed by atoms with Crippen LogP contribution in [-0.2, 0) is 9.59 Å². The van der Waals surface area contributed by atoms with Gasteiger partial charge in [-0.2, -0.15) is 0 Å². The van der Waals surface area contributed by atoms with Gasteiger partial charge in [0.15, 0.2) is 5.82 Å².